The molecule has 0 aliphatic carbocycles. The van der Waals surface area contributed by atoms with Crippen LogP contribution in [0.15, 0.2) is 53.7 Å². The lowest BCUT2D eigenvalue weighted by atomic mass is 10.1. The zero-order valence-electron chi connectivity index (χ0n) is 11.6. The SMILES string of the molecule is O=C1/C(=C/c2ccccc2[N+](=O)[O-])SC(=S)N1c1cccnc1. The van der Waals surface area contributed by atoms with E-state index >= 15 is 0 Å². The fraction of sp³-hybridized carbons (Fsp3) is 0. The molecule has 114 valence electrons. The smallest absolute Gasteiger partial charge is 0.268 e. The van der Waals surface area contributed by atoms with Gasteiger partial charge in [0.2, 0.25) is 0 Å². The van der Waals surface area contributed by atoms with E-state index in [4.69, 9.17) is 12.2 Å². The third kappa shape index (κ3) is 2.99. The Morgan fingerprint density at radius 2 is 2.04 bits per heavy atom. The first-order valence-corrected chi connectivity index (χ1v) is 7.72. The molecule has 0 spiro atoms. The molecule has 1 aromatic heterocycles. The number of hydrogen-bond acceptors (Lipinski definition) is 6. The quantitative estimate of drug-likeness (QED) is 0.368. The van der Waals surface area contributed by atoms with E-state index in [1.54, 1.807) is 42.7 Å². The number of hydrogen-bond donors (Lipinski definition) is 0. The Bertz CT molecular complexity index is 837. The van der Waals surface area contributed by atoms with Crippen LogP contribution in [0.4, 0.5) is 11.4 Å². The van der Waals surface area contributed by atoms with Gasteiger partial charge < -0.3 is 0 Å². The van der Waals surface area contributed by atoms with Gasteiger partial charge in [-0.2, -0.15) is 0 Å². The van der Waals surface area contributed by atoms with Gasteiger partial charge in [-0.1, -0.05) is 36.1 Å². The summed E-state index contributed by atoms with van der Waals surface area (Å²) in [6, 6.07) is 9.69. The molecule has 2 aromatic rings. The van der Waals surface area contributed by atoms with Crippen LogP contribution in [-0.2, 0) is 4.79 Å². The molecule has 1 aromatic carbocycles. The second-order valence-corrected chi connectivity index (χ2v) is 6.22. The normalized spacial score (nSPS) is 16.2. The number of carbonyl (C=O) groups excluding carboxylic acids is 1. The Morgan fingerprint density at radius 3 is 2.74 bits per heavy atom. The Hall–Kier alpha value is -2.58. The summed E-state index contributed by atoms with van der Waals surface area (Å²) in [5.74, 6) is -0.314. The molecule has 1 amide bonds. The van der Waals surface area contributed by atoms with E-state index in [0.717, 1.165) is 11.8 Å². The van der Waals surface area contributed by atoms with Crippen LogP contribution in [0.25, 0.3) is 6.08 Å². The maximum absolute atomic E-state index is 12.6. The monoisotopic (exact) mass is 343 g/mol. The van der Waals surface area contributed by atoms with Crippen LogP contribution in [0.1, 0.15) is 5.56 Å². The fourth-order valence-electron chi connectivity index (χ4n) is 2.09. The van der Waals surface area contributed by atoms with Crippen LogP contribution in [0.5, 0.6) is 0 Å². The summed E-state index contributed by atoms with van der Waals surface area (Å²) in [5.41, 5.74) is 0.879. The van der Waals surface area contributed by atoms with Crippen molar-refractivity contribution in [1.29, 1.82) is 0 Å². The number of amides is 1. The number of nitrogens with zero attached hydrogens (tertiary/aromatic N) is 3. The van der Waals surface area contributed by atoms with Crippen molar-refractivity contribution in [2.45, 2.75) is 0 Å². The minimum atomic E-state index is -0.478. The fourth-order valence-corrected chi connectivity index (χ4v) is 3.38. The van der Waals surface area contributed by atoms with Crippen LogP contribution in [0, 0.1) is 10.1 Å². The highest BCUT2D eigenvalue weighted by molar-refractivity contribution is 8.27. The molecule has 8 heteroatoms. The average Bonchev–Trinajstić information content (AvgIpc) is 2.82. The molecule has 0 bridgehead atoms. The highest BCUT2D eigenvalue weighted by atomic mass is 32.2. The summed E-state index contributed by atoms with van der Waals surface area (Å²) >= 11 is 6.35. The summed E-state index contributed by atoms with van der Waals surface area (Å²) in [4.78, 5) is 28.8. The van der Waals surface area contributed by atoms with Crippen LogP contribution in [0.2, 0.25) is 0 Å². The van der Waals surface area contributed by atoms with Crippen molar-refractivity contribution in [3.05, 3.63) is 69.4 Å². The van der Waals surface area contributed by atoms with Gasteiger partial charge in [0.1, 0.15) is 0 Å². The molecule has 1 aliphatic rings. The lowest BCUT2D eigenvalue weighted by molar-refractivity contribution is -0.385. The van der Waals surface area contributed by atoms with Crippen LogP contribution in [-0.4, -0.2) is 20.1 Å². The van der Waals surface area contributed by atoms with Crippen molar-refractivity contribution in [2.24, 2.45) is 0 Å². The first kappa shape index (κ1) is 15.3. The summed E-state index contributed by atoms with van der Waals surface area (Å²) in [6.45, 7) is 0. The lowest BCUT2D eigenvalue weighted by Gasteiger charge is -2.13. The number of pyridine rings is 1. The first-order chi connectivity index (χ1) is 11.1. The highest BCUT2D eigenvalue weighted by Crippen LogP contribution is 2.36. The summed E-state index contributed by atoms with van der Waals surface area (Å²) in [5, 5.41) is 11.1. The minimum absolute atomic E-state index is 0.0563. The molecule has 2 heterocycles. The van der Waals surface area contributed by atoms with E-state index in [1.807, 2.05) is 0 Å². The molecular formula is C15H9N3O3S2. The molecule has 1 aliphatic heterocycles. The van der Waals surface area contributed by atoms with Crippen molar-refractivity contribution in [3.8, 4) is 0 Å². The van der Waals surface area contributed by atoms with Crippen LogP contribution in [0.3, 0.4) is 0 Å². The Balaban J connectivity index is 1.99. The molecule has 3 rings (SSSR count). The van der Waals surface area contributed by atoms with Gasteiger partial charge in [-0.25, -0.2) is 0 Å². The van der Waals surface area contributed by atoms with Gasteiger partial charge in [0.05, 0.1) is 27.3 Å². The van der Waals surface area contributed by atoms with E-state index in [0.29, 0.717) is 20.5 Å². The average molecular weight is 343 g/mol. The molecule has 0 radical (unpaired) electrons. The number of rotatable bonds is 3. The van der Waals surface area contributed by atoms with Crippen molar-refractivity contribution < 1.29 is 9.72 Å². The molecule has 0 unspecified atom stereocenters. The topological polar surface area (TPSA) is 76.3 Å². The molecule has 0 saturated carbocycles. The molecule has 1 saturated heterocycles. The minimum Gasteiger partial charge on any atom is -0.268 e. The van der Waals surface area contributed by atoms with Crippen molar-refractivity contribution in [3.63, 3.8) is 0 Å². The van der Waals surface area contributed by atoms with Crippen LogP contribution >= 0.6 is 24.0 Å². The van der Waals surface area contributed by atoms with Crippen molar-refractivity contribution in [2.75, 3.05) is 4.90 Å². The maximum Gasteiger partial charge on any atom is 0.276 e. The summed E-state index contributed by atoms with van der Waals surface area (Å²) in [6.07, 6.45) is 4.64. The number of nitro groups is 1. The van der Waals surface area contributed by atoms with Gasteiger partial charge in [-0.3, -0.25) is 24.8 Å². The molecule has 0 N–H and O–H groups in total. The van der Waals surface area contributed by atoms with Crippen molar-refractivity contribution in [1.82, 2.24) is 4.98 Å². The second-order valence-electron chi connectivity index (χ2n) is 4.54. The number of para-hydroxylation sites is 1. The van der Waals surface area contributed by atoms with E-state index in [-0.39, 0.29) is 11.6 Å². The predicted octanol–water partition coefficient (Wildman–Crippen LogP) is 3.40. The molecule has 1 fully saturated rings. The molecule has 0 atom stereocenters. The molecule has 6 nitrogen and oxygen atoms in total. The summed E-state index contributed by atoms with van der Waals surface area (Å²) < 4.78 is 0.368. The zero-order chi connectivity index (χ0) is 16.4. The second kappa shape index (κ2) is 6.27. The number of thiocarbonyl (C=S) groups is 1. The van der Waals surface area contributed by atoms with Crippen molar-refractivity contribution >= 4 is 51.7 Å². The third-order valence-corrected chi connectivity index (χ3v) is 4.42. The van der Waals surface area contributed by atoms with Gasteiger partial charge in [-0.15, -0.1) is 0 Å². The van der Waals surface area contributed by atoms with Crippen LogP contribution < -0.4 is 4.90 Å². The zero-order valence-corrected chi connectivity index (χ0v) is 13.2. The Labute approximate surface area is 141 Å². The van der Waals surface area contributed by atoms with Gasteiger partial charge in [0, 0.05) is 12.3 Å². The van der Waals surface area contributed by atoms with Gasteiger partial charge in [0.25, 0.3) is 11.6 Å². The summed E-state index contributed by atoms with van der Waals surface area (Å²) in [7, 11) is 0. The number of anilines is 1. The van der Waals surface area contributed by atoms with E-state index in [9.17, 15) is 14.9 Å². The standard InChI is InChI=1S/C15H9N3O3S2/c19-14-13(8-10-4-1-2-6-12(10)18(20)21)23-15(22)17(14)11-5-3-7-16-9-11/h1-9H/b13-8-. The Morgan fingerprint density at radius 1 is 1.26 bits per heavy atom. The molecule has 23 heavy (non-hydrogen) atoms. The number of thioether (sulfide) groups is 1. The largest absolute Gasteiger partial charge is 0.276 e. The number of carbonyl (C=O) groups is 1. The van der Waals surface area contributed by atoms with E-state index in [2.05, 4.69) is 4.98 Å². The van der Waals surface area contributed by atoms with E-state index < -0.39 is 4.92 Å². The Kier molecular flexibility index (Phi) is 4.18. The van der Waals surface area contributed by atoms with Gasteiger partial charge in [0.15, 0.2) is 4.32 Å². The number of nitro benzene ring substituents is 1. The number of benzene rings is 1. The maximum atomic E-state index is 12.6. The number of aromatic nitrogens is 1. The van der Waals surface area contributed by atoms with E-state index in [1.165, 1.54) is 17.0 Å². The lowest BCUT2D eigenvalue weighted by Crippen LogP contribution is -2.27. The predicted molar refractivity (Wildman–Crippen MR) is 93.0 cm³/mol. The van der Waals surface area contributed by atoms with Gasteiger partial charge in [-0.05, 0) is 24.3 Å². The highest BCUT2D eigenvalue weighted by Gasteiger charge is 2.33. The van der Waals surface area contributed by atoms with Gasteiger partial charge >= 0.3 is 0 Å². The first-order valence-electron chi connectivity index (χ1n) is 6.49. The third-order valence-electron chi connectivity index (χ3n) is 3.12. The molecular weight excluding hydrogens is 334 g/mol.